The zero-order chi connectivity index (χ0) is 11.8. The number of hydrogen-bond donors (Lipinski definition) is 0. The van der Waals surface area contributed by atoms with Crippen molar-refractivity contribution in [3.05, 3.63) is 53.3 Å². The maximum absolute atomic E-state index is 12.9. The monoisotopic (exact) mass is 291 g/mol. The summed E-state index contributed by atoms with van der Waals surface area (Å²) in [5.41, 5.74) is 2.31. The van der Waals surface area contributed by atoms with E-state index in [-0.39, 0.29) is 5.82 Å². The molecule has 0 radical (unpaired) electrons. The van der Waals surface area contributed by atoms with Crippen LogP contribution < -0.4 is 0 Å². The third-order valence-corrected chi connectivity index (χ3v) is 2.84. The number of fused-ring (bicyclic) bond motifs is 1. The van der Waals surface area contributed by atoms with Gasteiger partial charge in [-0.3, -0.25) is 0 Å². The lowest BCUT2D eigenvalue weighted by Gasteiger charge is -2.04. The first-order valence-electron chi connectivity index (χ1n) is 4.99. The Kier molecular flexibility index (Phi) is 2.40. The van der Waals surface area contributed by atoms with Gasteiger partial charge in [-0.2, -0.15) is 0 Å². The van der Waals surface area contributed by atoms with Crippen LogP contribution in [0.15, 0.2) is 47.5 Å². The van der Waals surface area contributed by atoms with Crippen LogP contribution in [0, 0.1) is 5.82 Å². The fourth-order valence-corrected chi connectivity index (χ4v) is 2.10. The summed E-state index contributed by atoms with van der Waals surface area (Å²) in [5, 5.41) is 0. The summed E-state index contributed by atoms with van der Waals surface area (Å²) in [4.78, 5) is 8.63. The Bertz CT molecular complexity index is 676. The Hall–Kier alpha value is -1.75. The largest absolute Gasteiger partial charge is 0.303 e. The molecule has 0 aliphatic rings. The average Bonchev–Trinajstić information content (AvgIpc) is 2.77. The molecule has 0 N–H and O–H groups in total. The minimum atomic E-state index is -0.261. The maximum Gasteiger partial charge on any atom is 0.163 e. The van der Waals surface area contributed by atoms with Crippen LogP contribution in [0.2, 0.25) is 0 Å². The summed E-state index contributed by atoms with van der Waals surface area (Å²) in [5.74, 6) is -0.261. The molecule has 0 aliphatic carbocycles. The van der Waals surface area contributed by atoms with Gasteiger partial charge in [0.1, 0.15) is 16.1 Å². The van der Waals surface area contributed by atoms with E-state index in [0.29, 0.717) is 4.60 Å². The molecule has 17 heavy (non-hydrogen) atoms. The molecule has 0 fully saturated rings. The van der Waals surface area contributed by atoms with Crippen molar-refractivity contribution in [2.45, 2.75) is 0 Å². The first-order valence-corrected chi connectivity index (χ1v) is 5.78. The predicted molar refractivity (Wildman–Crippen MR) is 66.1 cm³/mol. The van der Waals surface area contributed by atoms with Crippen LogP contribution in [0.25, 0.3) is 16.9 Å². The number of halogens is 2. The Morgan fingerprint density at radius 2 is 1.94 bits per heavy atom. The second-order valence-electron chi connectivity index (χ2n) is 3.58. The van der Waals surface area contributed by atoms with Crippen LogP contribution in [0.1, 0.15) is 0 Å². The summed E-state index contributed by atoms with van der Waals surface area (Å²) >= 11 is 3.35. The van der Waals surface area contributed by atoms with E-state index in [1.165, 1.54) is 12.1 Å². The molecule has 0 unspecified atom stereocenters. The van der Waals surface area contributed by atoms with Crippen molar-refractivity contribution in [1.29, 1.82) is 0 Å². The highest BCUT2D eigenvalue weighted by Crippen LogP contribution is 2.23. The molecule has 3 nitrogen and oxygen atoms in total. The third-order valence-electron chi connectivity index (χ3n) is 2.46. The second-order valence-corrected chi connectivity index (χ2v) is 4.39. The molecule has 0 bridgehead atoms. The van der Waals surface area contributed by atoms with Crippen molar-refractivity contribution < 1.29 is 4.39 Å². The van der Waals surface area contributed by atoms with Gasteiger partial charge in [0, 0.05) is 24.2 Å². The minimum absolute atomic E-state index is 0.261. The first-order chi connectivity index (χ1) is 8.24. The van der Waals surface area contributed by atoms with Crippen LogP contribution in [-0.2, 0) is 0 Å². The molecule has 5 heteroatoms. The van der Waals surface area contributed by atoms with Crippen molar-refractivity contribution in [3.63, 3.8) is 0 Å². The number of nitrogens with zero attached hydrogens (tertiary/aromatic N) is 3. The van der Waals surface area contributed by atoms with E-state index >= 15 is 0 Å². The summed E-state index contributed by atoms with van der Waals surface area (Å²) in [6.07, 6.45) is 5.38. The van der Waals surface area contributed by atoms with Gasteiger partial charge in [0.25, 0.3) is 0 Å². The lowest BCUT2D eigenvalue weighted by molar-refractivity contribution is 0.628. The number of rotatable bonds is 1. The number of benzene rings is 1. The van der Waals surface area contributed by atoms with Crippen molar-refractivity contribution in [1.82, 2.24) is 14.4 Å². The molecule has 0 spiro atoms. The molecule has 84 valence electrons. The smallest absolute Gasteiger partial charge is 0.163 e. The molecule has 2 aromatic heterocycles. The molecular formula is C12H7BrFN3. The molecule has 1 aromatic carbocycles. The van der Waals surface area contributed by atoms with Crippen LogP contribution in [0.4, 0.5) is 4.39 Å². The molecule has 0 atom stereocenters. The van der Waals surface area contributed by atoms with Gasteiger partial charge in [0.2, 0.25) is 0 Å². The van der Waals surface area contributed by atoms with Crippen LogP contribution in [0.3, 0.4) is 0 Å². The fraction of sp³-hybridized carbons (Fsp3) is 0. The molecule has 0 aliphatic heterocycles. The molecular weight excluding hydrogens is 285 g/mol. The SMILES string of the molecule is Fc1ccc(-c2nc(Br)cn3ccnc23)cc1. The van der Waals surface area contributed by atoms with E-state index in [9.17, 15) is 4.39 Å². The number of imidazole rings is 1. The Labute approximate surface area is 105 Å². The minimum Gasteiger partial charge on any atom is -0.303 e. The molecule has 3 aromatic rings. The Balaban J connectivity index is 2.28. The molecule has 0 saturated carbocycles. The van der Waals surface area contributed by atoms with Gasteiger partial charge in [0.15, 0.2) is 5.65 Å². The predicted octanol–water partition coefficient (Wildman–Crippen LogP) is 3.30. The van der Waals surface area contributed by atoms with Crippen LogP contribution in [-0.4, -0.2) is 14.4 Å². The highest BCUT2D eigenvalue weighted by molar-refractivity contribution is 9.10. The molecule has 0 saturated heterocycles. The number of aromatic nitrogens is 3. The highest BCUT2D eigenvalue weighted by atomic mass is 79.9. The van der Waals surface area contributed by atoms with E-state index in [1.54, 1.807) is 18.3 Å². The molecule has 2 heterocycles. The first kappa shape index (κ1) is 10.4. The van der Waals surface area contributed by atoms with Gasteiger partial charge in [0.05, 0.1) is 0 Å². The van der Waals surface area contributed by atoms with Crippen molar-refractivity contribution in [2.75, 3.05) is 0 Å². The molecule has 3 rings (SSSR count). The fourth-order valence-electron chi connectivity index (χ4n) is 1.70. The zero-order valence-electron chi connectivity index (χ0n) is 8.64. The van der Waals surface area contributed by atoms with Gasteiger partial charge in [-0.15, -0.1) is 0 Å². The van der Waals surface area contributed by atoms with Gasteiger partial charge in [-0.1, -0.05) is 0 Å². The molecule has 0 amide bonds. The highest BCUT2D eigenvalue weighted by Gasteiger charge is 2.08. The van der Waals surface area contributed by atoms with E-state index in [0.717, 1.165) is 16.9 Å². The number of hydrogen-bond acceptors (Lipinski definition) is 2. The Morgan fingerprint density at radius 3 is 2.71 bits per heavy atom. The van der Waals surface area contributed by atoms with Crippen molar-refractivity contribution in [3.8, 4) is 11.3 Å². The van der Waals surface area contributed by atoms with Gasteiger partial charge >= 0.3 is 0 Å². The van der Waals surface area contributed by atoms with Crippen LogP contribution >= 0.6 is 15.9 Å². The lowest BCUT2D eigenvalue weighted by Crippen LogP contribution is -1.93. The summed E-state index contributed by atoms with van der Waals surface area (Å²) < 4.78 is 15.5. The van der Waals surface area contributed by atoms with E-state index < -0.39 is 0 Å². The van der Waals surface area contributed by atoms with Crippen molar-refractivity contribution in [2.24, 2.45) is 0 Å². The average molecular weight is 292 g/mol. The third kappa shape index (κ3) is 1.82. The topological polar surface area (TPSA) is 30.2 Å². The summed E-state index contributed by atoms with van der Waals surface area (Å²) in [7, 11) is 0. The van der Waals surface area contributed by atoms with Crippen molar-refractivity contribution >= 4 is 21.6 Å². The standard InChI is InChI=1S/C12H7BrFN3/c13-10-7-17-6-5-15-12(17)11(16-10)8-1-3-9(14)4-2-8/h1-7H. The maximum atomic E-state index is 12.9. The van der Waals surface area contributed by atoms with Gasteiger partial charge in [-0.05, 0) is 40.2 Å². The van der Waals surface area contributed by atoms with Gasteiger partial charge < -0.3 is 4.40 Å². The Morgan fingerprint density at radius 1 is 1.18 bits per heavy atom. The summed E-state index contributed by atoms with van der Waals surface area (Å²) in [6, 6.07) is 6.21. The lowest BCUT2D eigenvalue weighted by atomic mass is 10.1. The van der Waals surface area contributed by atoms with E-state index in [2.05, 4.69) is 25.9 Å². The quantitative estimate of drug-likeness (QED) is 0.689. The summed E-state index contributed by atoms with van der Waals surface area (Å²) in [6.45, 7) is 0. The second kappa shape index (κ2) is 3.92. The normalized spacial score (nSPS) is 10.9. The zero-order valence-corrected chi connectivity index (χ0v) is 10.2. The van der Waals surface area contributed by atoms with Gasteiger partial charge in [-0.25, -0.2) is 14.4 Å². The van der Waals surface area contributed by atoms with E-state index in [4.69, 9.17) is 0 Å². The van der Waals surface area contributed by atoms with Crippen LogP contribution in [0.5, 0.6) is 0 Å². The van der Waals surface area contributed by atoms with E-state index in [1.807, 2.05) is 16.8 Å².